The van der Waals surface area contributed by atoms with Gasteiger partial charge in [-0.05, 0) is 36.6 Å². The topological polar surface area (TPSA) is 68.8 Å². The lowest BCUT2D eigenvalue weighted by molar-refractivity contribution is 0.0721. The molecule has 7 heteroatoms. The van der Waals surface area contributed by atoms with Gasteiger partial charge in [0, 0.05) is 24.5 Å². The first-order valence-corrected chi connectivity index (χ1v) is 8.49. The standard InChI is InChI=1S/C18H20N6O/c25-18(24-10-1-3-17(24)12-22-9-2-8-20-22)16-6-4-15(5-7-16)11-23-14-19-13-21-23/h2,4-9,13-14,17H,1,3,10-12H2/t17-/m0/s1. The fourth-order valence-electron chi connectivity index (χ4n) is 3.34. The molecule has 1 saturated heterocycles. The summed E-state index contributed by atoms with van der Waals surface area (Å²) in [6.45, 7) is 2.22. The number of benzene rings is 1. The summed E-state index contributed by atoms with van der Waals surface area (Å²) in [4.78, 5) is 18.8. The maximum absolute atomic E-state index is 12.9. The third-order valence-corrected chi connectivity index (χ3v) is 4.61. The van der Waals surface area contributed by atoms with Crippen molar-refractivity contribution < 1.29 is 4.79 Å². The molecule has 1 amide bonds. The molecular weight excluding hydrogens is 316 g/mol. The van der Waals surface area contributed by atoms with Crippen molar-refractivity contribution >= 4 is 5.91 Å². The molecule has 0 N–H and O–H groups in total. The van der Waals surface area contributed by atoms with Crippen LogP contribution in [0.2, 0.25) is 0 Å². The van der Waals surface area contributed by atoms with E-state index in [1.165, 1.54) is 6.33 Å². The Balaban J connectivity index is 1.44. The summed E-state index contributed by atoms with van der Waals surface area (Å²) >= 11 is 0. The second kappa shape index (κ2) is 6.88. The van der Waals surface area contributed by atoms with Gasteiger partial charge in [-0.3, -0.25) is 9.48 Å². The van der Waals surface area contributed by atoms with E-state index in [1.807, 2.05) is 46.1 Å². The van der Waals surface area contributed by atoms with E-state index >= 15 is 0 Å². The van der Waals surface area contributed by atoms with Gasteiger partial charge in [0.2, 0.25) is 0 Å². The Morgan fingerprint density at radius 3 is 2.76 bits per heavy atom. The van der Waals surface area contributed by atoms with Crippen LogP contribution in [-0.4, -0.2) is 47.9 Å². The van der Waals surface area contributed by atoms with Gasteiger partial charge in [-0.25, -0.2) is 9.67 Å². The lowest BCUT2D eigenvalue weighted by Crippen LogP contribution is -2.38. The molecule has 0 spiro atoms. The predicted octanol–water partition coefficient (Wildman–Crippen LogP) is 1.83. The predicted molar refractivity (Wildman–Crippen MR) is 91.9 cm³/mol. The van der Waals surface area contributed by atoms with Crippen molar-refractivity contribution in [2.75, 3.05) is 6.54 Å². The van der Waals surface area contributed by atoms with Crippen LogP contribution in [0.5, 0.6) is 0 Å². The highest BCUT2D eigenvalue weighted by Gasteiger charge is 2.29. The van der Waals surface area contributed by atoms with Crippen LogP contribution < -0.4 is 0 Å². The minimum absolute atomic E-state index is 0.0990. The zero-order valence-electron chi connectivity index (χ0n) is 13.9. The van der Waals surface area contributed by atoms with Crippen molar-refractivity contribution in [3.63, 3.8) is 0 Å². The molecule has 25 heavy (non-hydrogen) atoms. The molecule has 0 radical (unpaired) electrons. The Morgan fingerprint density at radius 1 is 1.16 bits per heavy atom. The fourth-order valence-corrected chi connectivity index (χ4v) is 3.34. The van der Waals surface area contributed by atoms with Gasteiger partial charge in [-0.1, -0.05) is 12.1 Å². The normalized spacial score (nSPS) is 17.1. The van der Waals surface area contributed by atoms with Gasteiger partial charge < -0.3 is 4.90 Å². The number of aromatic nitrogens is 5. The highest BCUT2D eigenvalue weighted by molar-refractivity contribution is 5.94. The number of carbonyl (C=O) groups excluding carboxylic acids is 1. The minimum Gasteiger partial charge on any atom is -0.334 e. The van der Waals surface area contributed by atoms with E-state index in [1.54, 1.807) is 17.2 Å². The Kier molecular flexibility index (Phi) is 4.28. The van der Waals surface area contributed by atoms with E-state index in [0.717, 1.165) is 37.1 Å². The van der Waals surface area contributed by atoms with Crippen molar-refractivity contribution in [3.8, 4) is 0 Å². The Labute approximate surface area is 145 Å². The number of hydrogen-bond donors (Lipinski definition) is 0. The Bertz CT molecular complexity index is 810. The van der Waals surface area contributed by atoms with Crippen molar-refractivity contribution in [1.82, 2.24) is 29.4 Å². The van der Waals surface area contributed by atoms with Gasteiger partial charge in [0.25, 0.3) is 5.91 Å². The summed E-state index contributed by atoms with van der Waals surface area (Å²) in [5.41, 5.74) is 1.83. The number of hydrogen-bond acceptors (Lipinski definition) is 4. The van der Waals surface area contributed by atoms with Crippen LogP contribution in [0, 0.1) is 0 Å². The quantitative estimate of drug-likeness (QED) is 0.713. The smallest absolute Gasteiger partial charge is 0.254 e. The van der Waals surface area contributed by atoms with Crippen LogP contribution in [0.3, 0.4) is 0 Å². The summed E-state index contributed by atoms with van der Waals surface area (Å²) in [6.07, 6.45) is 8.99. The van der Waals surface area contributed by atoms with Gasteiger partial charge in [-0.2, -0.15) is 10.2 Å². The molecule has 1 aliphatic heterocycles. The molecule has 4 rings (SSSR count). The number of nitrogens with zero attached hydrogens (tertiary/aromatic N) is 6. The highest BCUT2D eigenvalue weighted by atomic mass is 16.2. The molecule has 1 aromatic carbocycles. The summed E-state index contributed by atoms with van der Waals surface area (Å²) in [6, 6.07) is 9.88. The van der Waals surface area contributed by atoms with Crippen molar-refractivity contribution in [2.45, 2.75) is 32.0 Å². The van der Waals surface area contributed by atoms with Crippen LogP contribution in [0.25, 0.3) is 0 Å². The van der Waals surface area contributed by atoms with E-state index in [0.29, 0.717) is 6.54 Å². The van der Waals surface area contributed by atoms with Gasteiger partial charge >= 0.3 is 0 Å². The molecule has 0 bridgehead atoms. The average Bonchev–Trinajstić information content (AvgIpc) is 3.38. The van der Waals surface area contributed by atoms with E-state index < -0.39 is 0 Å². The molecule has 3 heterocycles. The van der Waals surface area contributed by atoms with Crippen LogP contribution in [0.1, 0.15) is 28.8 Å². The second-order valence-electron chi connectivity index (χ2n) is 6.31. The molecule has 128 valence electrons. The fraction of sp³-hybridized carbons (Fsp3) is 0.333. The van der Waals surface area contributed by atoms with Crippen molar-refractivity contribution in [2.24, 2.45) is 0 Å². The molecule has 1 fully saturated rings. The summed E-state index contributed by atoms with van der Waals surface area (Å²) < 4.78 is 3.66. The Hall–Kier alpha value is -2.96. The first-order valence-electron chi connectivity index (χ1n) is 8.49. The number of amides is 1. The van der Waals surface area contributed by atoms with Gasteiger partial charge in [-0.15, -0.1) is 0 Å². The zero-order valence-corrected chi connectivity index (χ0v) is 13.9. The lowest BCUT2D eigenvalue weighted by Gasteiger charge is -2.25. The second-order valence-corrected chi connectivity index (χ2v) is 6.31. The molecule has 2 aromatic heterocycles. The number of likely N-dealkylation sites (tertiary alicyclic amines) is 1. The molecular formula is C18H20N6O. The van der Waals surface area contributed by atoms with Crippen LogP contribution in [0.15, 0.2) is 55.4 Å². The summed E-state index contributed by atoms with van der Waals surface area (Å²) in [5.74, 6) is 0.0990. The zero-order chi connectivity index (χ0) is 17.1. The highest BCUT2D eigenvalue weighted by Crippen LogP contribution is 2.21. The number of carbonyl (C=O) groups is 1. The third kappa shape index (κ3) is 3.45. The maximum atomic E-state index is 12.9. The summed E-state index contributed by atoms with van der Waals surface area (Å²) in [7, 11) is 0. The van der Waals surface area contributed by atoms with Gasteiger partial charge in [0.1, 0.15) is 12.7 Å². The van der Waals surface area contributed by atoms with E-state index in [2.05, 4.69) is 15.2 Å². The van der Waals surface area contributed by atoms with Crippen molar-refractivity contribution in [3.05, 3.63) is 66.5 Å². The molecule has 0 saturated carbocycles. The molecule has 3 aromatic rings. The van der Waals surface area contributed by atoms with Gasteiger partial charge in [0.05, 0.1) is 19.1 Å². The first-order chi connectivity index (χ1) is 12.3. The monoisotopic (exact) mass is 336 g/mol. The number of rotatable bonds is 5. The molecule has 1 aliphatic rings. The van der Waals surface area contributed by atoms with Crippen LogP contribution >= 0.6 is 0 Å². The first kappa shape index (κ1) is 15.6. The maximum Gasteiger partial charge on any atom is 0.254 e. The molecule has 1 atom stereocenters. The molecule has 0 unspecified atom stereocenters. The van der Waals surface area contributed by atoms with Crippen LogP contribution in [0.4, 0.5) is 0 Å². The van der Waals surface area contributed by atoms with E-state index in [4.69, 9.17) is 0 Å². The molecule has 0 aliphatic carbocycles. The van der Waals surface area contributed by atoms with Gasteiger partial charge in [0.15, 0.2) is 0 Å². The minimum atomic E-state index is 0.0990. The SMILES string of the molecule is O=C(c1ccc(Cn2cncn2)cc1)N1CCC[C@H]1Cn1cccn1. The average molecular weight is 336 g/mol. The van der Waals surface area contributed by atoms with Crippen molar-refractivity contribution in [1.29, 1.82) is 0 Å². The largest absolute Gasteiger partial charge is 0.334 e. The molecule has 7 nitrogen and oxygen atoms in total. The Morgan fingerprint density at radius 2 is 2.04 bits per heavy atom. The summed E-state index contributed by atoms with van der Waals surface area (Å²) in [5, 5.41) is 8.36. The third-order valence-electron chi connectivity index (χ3n) is 4.61. The van der Waals surface area contributed by atoms with E-state index in [-0.39, 0.29) is 11.9 Å². The van der Waals surface area contributed by atoms with E-state index in [9.17, 15) is 4.79 Å². The van der Waals surface area contributed by atoms with Crippen LogP contribution in [-0.2, 0) is 13.1 Å². The lowest BCUT2D eigenvalue weighted by atomic mass is 10.1.